The summed E-state index contributed by atoms with van der Waals surface area (Å²) in [7, 11) is 4.34. The molecule has 0 radical (unpaired) electrons. The van der Waals surface area contributed by atoms with Crippen LogP contribution in [0.3, 0.4) is 0 Å². The molecule has 0 amide bonds. The molecule has 2 heterocycles. The number of aryl methyl sites for hydroxylation is 1. The monoisotopic (exact) mass is 395 g/mol. The molecular formula is C21H21N3O5. The Kier molecular flexibility index (Phi) is 6.13. The molecule has 1 aromatic carbocycles. The summed E-state index contributed by atoms with van der Waals surface area (Å²) < 4.78 is 17.4. The first-order valence-corrected chi connectivity index (χ1v) is 8.79. The number of para-hydroxylation sites is 2. The molecule has 1 aromatic heterocycles. The van der Waals surface area contributed by atoms with Gasteiger partial charge in [0.15, 0.2) is 0 Å². The summed E-state index contributed by atoms with van der Waals surface area (Å²) in [5.74, 6) is -0.804. The van der Waals surface area contributed by atoms with Gasteiger partial charge in [-0.1, -0.05) is 18.2 Å². The van der Waals surface area contributed by atoms with Crippen molar-refractivity contribution in [1.82, 2.24) is 9.78 Å². The summed E-state index contributed by atoms with van der Waals surface area (Å²) in [6.45, 7) is 0.293. The van der Waals surface area contributed by atoms with Gasteiger partial charge in [0.1, 0.15) is 18.1 Å². The second-order valence-corrected chi connectivity index (χ2v) is 6.09. The van der Waals surface area contributed by atoms with E-state index >= 15 is 0 Å². The first-order chi connectivity index (χ1) is 14.0. The van der Waals surface area contributed by atoms with Crippen molar-refractivity contribution in [2.75, 3.05) is 19.1 Å². The summed E-state index contributed by atoms with van der Waals surface area (Å²) in [5.41, 5.74) is 1.57. The zero-order chi connectivity index (χ0) is 20.8. The van der Waals surface area contributed by atoms with Crippen LogP contribution in [-0.2, 0) is 32.7 Å². The molecule has 8 heteroatoms. The predicted molar refractivity (Wildman–Crippen MR) is 106 cm³/mol. The molecule has 0 N–H and O–H groups in total. The third kappa shape index (κ3) is 4.37. The van der Waals surface area contributed by atoms with E-state index in [2.05, 4.69) is 5.10 Å². The highest BCUT2D eigenvalue weighted by Crippen LogP contribution is 2.34. The average molecular weight is 395 g/mol. The molecular weight excluding hydrogens is 374 g/mol. The molecule has 1 aliphatic heterocycles. The van der Waals surface area contributed by atoms with Crippen LogP contribution in [-0.4, -0.2) is 35.9 Å². The van der Waals surface area contributed by atoms with E-state index in [1.54, 1.807) is 46.3 Å². The van der Waals surface area contributed by atoms with Gasteiger partial charge in [-0.15, -0.1) is 0 Å². The SMILES string of the molecule is COC(=O)C1=C(C(=O)OC)N(c2ccccc2OCc2cnn(C)c2)C=CC=C1. The van der Waals surface area contributed by atoms with Gasteiger partial charge >= 0.3 is 11.9 Å². The molecule has 29 heavy (non-hydrogen) atoms. The van der Waals surface area contributed by atoms with Gasteiger partial charge in [0.2, 0.25) is 0 Å². The van der Waals surface area contributed by atoms with Crippen LogP contribution in [0.4, 0.5) is 5.69 Å². The minimum Gasteiger partial charge on any atom is -0.487 e. The maximum atomic E-state index is 12.6. The van der Waals surface area contributed by atoms with Crippen LogP contribution >= 0.6 is 0 Å². The highest BCUT2D eigenvalue weighted by molar-refractivity contribution is 6.05. The molecule has 0 spiro atoms. The Labute approximate surface area is 168 Å². The van der Waals surface area contributed by atoms with Gasteiger partial charge in [0, 0.05) is 25.0 Å². The van der Waals surface area contributed by atoms with E-state index < -0.39 is 11.9 Å². The van der Waals surface area contributed by atoms with Crippen LogP contribution in [0.1, 0.15) is 5.56 Å². The minimum absolute atomic E-state index is 0.0294. The lowest BCUT2D eigenvalue weighted by molar-refractivity contribution is -0.139. The van der Waals surface area contributed by atoms with Crippen molar-refractivity contribution in [3.63, 3.8) is 0 Å². The van der Waals surface area contributed by atoms with Crippen molar-refractivity contribution < 1.29 is 23.8 Å². The molecule has 0 fully saturated rings. The smallest absolute Gasteiger partial charge is 0.355 e. The number of aromatic nitrogens is 2. The largest absolute Gasteiger partial charge is 0.487 e. The maximum Gasteiger partial charge on any atom is 0.355 e. The Morgan fingerprint density at radius 3 is 2.52 bits per heavy atom. The summed E-state index contributed by atoms with van der Waals surface area (Å²) in [6, 6.07) is 7.20. The third-order valence-corrected chi connectivity index (χ3v) is 4.17. The van der Waals surface area contributed by atoms with Crippen molar-refractivity contribution in [1.29, 1.82) is 0 Å². The summed E-state index contributed by atoms with van der Waals surface area (Å²) in [4.78, 5) is 26.4. The van der Waals surface area contributed by atoms with Crippen LogP contribution in [0.2, 0.25) is 0 Å². The van der Waals surface area contributed by atoms with E-state index in [4.69, 9.17) is 14.2 Å². The van der Waals surface area contributed by atoms with E-state index in [-0.39, 0.29) is 11.3 Å². The molecule has 3 rings (SSSR count). The first-order valence-electron chi connectivity index (χ1n) is 8.79. The van der Waals surface area contributed by atoms with Gasteiger partial charge in [0.05, 0.1) is 31.7 Å². The number of methoxy groups -OCH3 is 2. The van der Waals surface area contributed by atoms with Gasteiger partial charge < -0.3 is 19.1 Å². The van der Waals surface area contributed by atoms with Crippen LogP contribution in [0.15, 0.2) is 72.4 Å². The van der Waals surface area contributed by atoms with Crippen molar-refractivity contribution in [2.24, 2.45) is 7.05 Å². The molecule has 8 nitrogen and oxygen atoms in total. The zero-order valence-corrected chi connectivity index (χ0v) is 16.4. The van der Waals surface area contributed by atoms with Gasteiger partial charge in [-0.05, 0) is 24.3 Å². The van der Waals surface area contributed by atoms with E-state index in [0.717, 1.165) is 5.56 Å². The summed E-state index contributed by atoms with van der Waals surface area (Å²) in [6.07, 6.45) is 10.1. The Balaban J connectivity index is 2.03. The normalized spacial score (nSPS) is 13.3. The van der Waals surface area contributed by atoms with Gasteiger partial charge in [-0.25, -0.2) is 9.59 Å². The molecule has 150 valence electrons. The van der Waals surface area contributed by atoms with E-state index in [9.17, 15) is 9.59 Å². The molecule has 0 atom stereocenters. The second kappa shape index (κ2) is 8.92. The van der Waals surface area contributed by atoms with Gasteiger partial charge in [-0.3, -0.25) is 4.68 Å². The van der Waals surface area contributed by atoms with Gasteiger partial charge in [-0.2, -0.15) is 5.10 Å². The fraction of sp³-hybridized carbons (Fsp3) is 0.190. The number of benzene rings is 1. The Bertz CT molecular complexity index is 1000. The van der Waals surface area contributed by atoms with Crippen molar-refractivity contribution in [2.45, 2.75) is 6.61 Å². The number of hydrogen-bond acceptors (Lipinski definition) is 7. The number of esters is 2. The fourth-order valence-electron chi connectivity index (χ4n) is 2.84. The lowest BCUT2D eigenvalue weighted by Crippen LogP contribution is -2.27. The third-order valence-electron chi connectivity index (χ3n) is 4.17. The minimum atomic E-state index is -0.677. The van der Waals surface area contributed by atoms with Crippen LogP contribution < -0.4 is 9.64 Å². The number of rotatable bonds is 6. The topological polar surface area (TPSA) is 82.9 Å². The van der Waals surface area contributed by atoms with Crippen molar-refractivity contribution in [3.8, 4) is 5.75 Å². The van der Waals surface area contributed by atoms with Crippen LogP contribution in [0.5, 0.6) is 5.75 Å². The summed E-state index contributed by atoms with van der Waals surface area (Å²) in [5, 5.41) is 4.13. The van der Waals surface area contributed by atoms with Gasteiger partial charge in [0.25, 0.3) is 0 Å². The second-order valence-electron chi connectivity index (χ2n) is 6.09. The molecule has 1 aliphatic rings. The van der Waals surface area contributed by atoms with Crippen molar-refractivity contribution in [3.05, 3.63) is 77.9 Å². The number of hydrogen-bond donors (Lipinski definition) is 0. The first kappa shape index (κ1) is 19.9. The molecule has 0 bridgehead atoms. The van der Waals surface area contributed by atoms with E-state index in [1.807, 2.05) is 25.4 Å². The lowest BCUT2D eigenvalue weighted by Gasteiger charge is -2.25. The number of anilines is 1. The molecule has 0 saturated carbocycles. The number of allylic oxidation sites excluding steroid dienone is 2. The fourth-order valence-corrected chi connectivity index (χ4v) is 2.84. The molecule has 2 aromatic rings. The predicted octanol–water partition coefficient (Wildman–Crippen LogP) is 2.49. The Morgan fingerprint density at radius 1 is 1.07 bits per heavy atom. The van der Waals surface area contributed by atoms with Crippen LogP contribution in [0.25, 0.3) is 0 Å². The highest BCUT2D eigenvalue weighted by Gasteiger charge is 2.28. The number of nitrogens with zero attached hydrogens (tertiary/aromatic N) is 3. The molecule has 0 unspecified atom stereocenters. The molecule has 0 aliphatic carbocycles. The summed E-state index contributed by atoms with van der Waals surface area (Å²) >= 11 is 0. The van der Waals surface area contributed by atoms with E-state index in [0.29, 0.717) is 18.0 Å². The average Bonchev–Trinajstić information content (AvgIpc) is 3.04. The maximum absolute atomic E-state index is 12.6. The zero-order valence-electron chi connectivity index (χ0n) is 16.4. The van der Waals surface area contributed by atoms with Crippen LogP contribution in [0, 0.1) is 0 Å². The molecule has 0 saturated heterocycles. The number of ether oxygens (including phenoxy) is 3. The number of carbonyl (C=O) groups excluding carboxylic acids is 2. The lowest BCUT2D eigenvalue weighted by atomic mass is 10.1. The van der Waals surface area contributed by atoms with Crippen molar-refractivity contribution >= 4 is 17.6 Å². The Morgan fingerprint density at radius 2 is 1.83 bits per heavy atom. The number of carbonyl (C=O) groups is 2. The quantitative estimate of drug-likeness (QED) is 0.695. The standard InChI is InChI=1S/C21H21N3O5/c1-23-13-15(12-22-23)14-29-18-10-5-4-9-17(18)24-11-7-6-8-16(20(25)27-2)19(24)21(26)28-3/h4-13H,14H2,1-3H3. The Hall–Kier alpha value is -3.81. The highest BCUT2D eigenvalue weighted by atomic mass is 16.5. The van der Waals surface area contributed by atoms with E-state index in [1.165, 1.54) is 20.3 Å².